The summed E-state index contributed by atoms with van der Waals surface area (Å²) in [4.78, 5) is 14.5. The van der Waals surface area contributed by atoms with E-state index in [0.717, 1.165) is 17.7 Å². The quantitative estimate of drug-likeness (QED) is 0.458. The molecular formula is C22H20Cl2F3N5O. The summed E-state index contributed by atoms with van der Waals surface area (Å²) in [6, 6.07) is 9.56. The second-order valence-electron chi connectivity index (χ2n) is 7.79. The molecule has 0 bridgehead atoms. The van der Waals surface area contributed by atoms with Crippen molar-refractivity contribution in [3.63, 3.8) is 0 Å². The lowest BCUT2D eigenvalue weighted by molar-refractivity contribution is -0.136. The average Bonchev–Trinajstić information content (AvgIpc) is 3.37. The van der Waals surface area contributed by atoms with Crippen molar-refractivity contribution in [1.29, 1.82) is 0 Å². The number of urea groups is 1. The van der Waals surface area contributed by atoms with Crippen molar-refractivity contribution in [3.05, 3.63) is 75.3 Å². The van der Waals surface area contributed by atoms with Gasteiger partial charge in [0.25, 0.3) is 0 Å². The van der Waals surface area contributed by atoms with Crippen LogP contribution in [0.4, 0.5) is 23.7 Å². The van der Waals surface area contributed by atoms with Crippen LogP contribution in [0.3, 0.4) is 0 Å². The SMILES string of the molecule is Cc1nnc([C@H]2CCCN2C(=O)Nc2ccc(Cl)cc2C(F)(F)F)n1Cc1ccc(Cl)cc1. The minimum absolute atomic E-state index is 0.0647. The van der Waals surface area contributed by atoms with Crippen LogP contribution in [0, 0.1) is 6.92 Å². The Morgan fingerprint density at radius 2 is 1.82 bits per heavy atom. The maximum atomic E-state index is 13.4. The molecular weight excluding hydrogens is 478 g/mol. The van der Waals surface area contributed by atoms with Crippen LogP contribution in [0.25, 0.3) is 0 Å². The number of aryl methyl sites for hydroxylation is 1. The van der Waals surface area contributed by atoms with E-state index in [1.54, 1.807) is 12.1 Å². The highest BCUT2D eigenvalue weighted by Gasteiger charge is 2.37. The Labute approximate surface area is 198 Å². The van der Waals surface area contributed by atoms with E-state index in [2.05, 4.69) is 15.5 Å². The number of rotatable bonds is 4. The van der Waals surface area contributed by atoms with Gasteiger partial charge in [0.1, 0.15) is 5.82 Å². The first-order chi connectivity index (χ1) is 15.6. The van der Waals surface area contributed by atoms with Gasteiger partial charge in [0.15, 0.2) is 5.82 Å². The van der Waals surface area contributed by atoms with E-state index in [1.165, 1.54) is 11.0 Å². The van der Waals surface area contributed by atoms with Crippen molar-refractivity contribution in [2.45, 2.75) is 38.5 Å². The molecule has 4 rings (SSSR count). The van der Waals surface area contributed by atoms with Gasteiger partial charge in [-0.25, -0.2) is 4.79 Å². The summed E-state index contributed by atoms with van der Waals surface area (Å²) in [6.07, 6.45) is -3.34. The molecule has 6 nitrogen and oxygen atoms in total. The number of aromatic nitrogens is 3. The van der Waals surface area contributed by atoms with Gasteiger partial charge < -0.3 is 14.8 Å². The molecule has 174 valence electrons. The minimum atomic E-state index is -4.66. The van der Waals surface area contributed by atoms with Crippen LogP contribution < -0.4 is 5.32 Å². The summed E-state index contributed by atoms with van der Waals surface area (Å²) < 4.78 is 42.2. The number of likely N-dealkylation sites (tertiary alicyclic amines) is 1. The zero-order valence-electron chi connectivity index (χ0n) is 17.5. The molecule has 1 atom stereocenters. The molecule has 0 unspecified atom stereocenters. The summed E-state index contributed by atoms with van der Waals surface area (Å²) in [5.74, 6) is 1.26. The monoisotopic (exact) mass is 497 g/mol. The number of benzene rings is 2. The molecule has 0 radical (unpaired) electrons. The molecule has 1 N–H and O–H groups in total. The van der Waals surface area contributed by atoms with Crippen LogP contribution in [0.15, 0.2) is 42.5 Å². The molecule has 33 heavy (non-hydrogen) atoms. The number of nitrogens with one attached hydrogen (secondary N) is 1. The normalized spacial score (nSPS) is 16.3. The lowest BCUT2D eigenvalue weighted by Crippen LogP contribution is -2.36. The van der Waals surface area contributed by atoms with Gasteiger partial charge in [-0.3, -0.25) is 0 Å². The van der Waals surface area contributed by atoms with Crippen molar-refractivity contribution in [2.75, 3.05) is 11.9 Å². The molecule has 0 saturated carbocycles. The molecule has 0 spiro atoms. The molecule has 2 aromatic carbocycles. The maximum absolute atomic E-state index is 13.4. The maximum Gasteiger partial charge on any atom is 0.418 e. The van der Waals surface area contributed by atoms with Crippen LogP contribution in [0.5, 0.6) is 0 Å². The van der Waals surface area contributed by atoms with E-state index in [1.807, 2.05) is 23.6 Å². The first kappa shape index (κ1) is 23.4. The Bertz CT molecular complexity index is 1160. The third-order valence-corrected chi connectivity index (χ3v) is 6.05. The fraction of sp³-hybridized carbons (Fsp3) is 0.318. The number of anilines is 1. The van der Waals surface area contributed by atoms with Gasteiger partial charge in [0.2, 0.25) is 0 Å². The number of carbonyl (C=O) groups excluding carboxylic acids is 1. The summed E-state index contributed by atoms with van der Waals surface area (Å²) in [6.45, 7) is 2.68. The largest absolute Gasteiger partial charge is 0.418 e. The van der Waals surface area contributed by atoms with E-state index in [-0.39, 0.29) is 10.7 Å². The van der Waals surface area contributed by atoms with E-state index < -0.39 is 23.8 Å². The van der Waals surface area contributed by atoms with E-state index in [4.69, 9.17) is 23.2 Å². The number of amides is 2. The summed E-state index contributed by atoms with van der Waals surface area (Å²) in [5, 5.41) is 11.4. The highest BCUT2D eigenvalue weighted by atomic mass is 35.5. The van der Waals surface area contributed by atoms with E-state index in [0.29, 0.717) is 42.6 Å². The molecule has 2 amide bonds. The molecule has 1 fully saturated rings. The van der Waals surface area contributed by atoms with Gasteiger partial charge in [-0.2, -0.15) is 13.2 Å². The average molecular weight is 498 g/mol. The fourth-order valence-corrected chi connectivity index (χ4v) is 4.23. The van der Waals surface area contributed by atoms with Gasteiger partial charge in [0.05, 0.1) is 23.8 Å². The standard InChI is InChI=1S/C22H20Cl2F3N5O/c1-13-29-30-20(32(13)12-14-4-6-15(23)7-5-14)19-3-2-10-31(19)21(33)28-18-9-8-16(24)11-17(18)22(25,26)27/h4-9,11,19H,2-3,10,12H2,1H3,(H,28,33)/t19-/m1/s1. The summed E-state index contributed by atoms with van der Waals surface area (Å²) in [7, 11) is 0. The van der Waals surface area contributed by atoms with Gasteiger partial charge >= 0.3 is 12.2 Å². The second-order valence-corrected chi connectivity index (χ2v) is 8.66. The number of nitrogens with zero attached hydrogens (tertiary/aromatic N) is 4. The van der Waals surface area contributed by atoms with Crippen LogP contribution in [-0.4, -0.2) is 32.2 Å². The van der Waals surface area contributed by atoms with Crippen LogP contribution in [0.1, 0.15) is 41.7 Å². The van der Waals surface area contributed by atoms with Gasteiger partial charge in [-0.1, -0.05) is 35.3 Å². The van der Waals surface area contributed by atoms with Crippen LogP contribution >= 0.6 is 23.2 Å². The Balaban J connectivity index is 1.58. The number of alkyl halides is 3. The van der Waals surface area contributed by atoms with Crippen molar-refractivity contribution in [2.24, 2.45) is 0 Å². The zero-order chi connectivity index (χ0) is 23.8. The zero-order valence-corrected chi connectivity index (χ0v) is 19.0. The Morgan fingerprint density at radius 3 is 2.52 bits per heavy atom. The number of halogens is 5. The number of hydrogen-bond acceptors (Lipinski definition) is 3. The topological polar surface area (TPSA) is 63.1 Å². The fourth-order valence-electron chi connectivity index (χ4n) is 3.94. The lowest BCUT2D eigenvalue weighted by Gasteiger charge is -2.26. The second kappa shape index (κ2) is 9.23. The number of hydrogen-bond donors (Lipinski definition) is 1. The molecule has 1 saturated heterocycles. The van der Waals surface area contributed by atoms with E-state index >= 15 is 0 Å². The first-order valence-corrected chi connectivity index (χ1v) is 11.0. The van der Waals surface area contributed by atoms with Crippen molar-refractivity contribution in [1.82, 2.24) is 19.7 Å². The Morgan fingerprint density at radius 1 is 1.12 bits per heavy atom. The Kier molecular flexibility index (Phi) is 6.54. The summed E-state index contributed by atoms with van der Waals surface area (Å²) in [5.41, 5.74) is -0.365. The highest BCUT2D eigenvalue weighted by molar-refractivity contribution is 6.31. The molecule has 1 aliphatic rings. The predicted octanol–water partition coefficient (Wildman–Crippen LogP) is 6.33. The number of carbonyl (C=O) groups is 1. The predicted molar refractivity (Wildman–Crippen MR) is 119 cm³/mol. The third-order valence-electron chi connectivity index (χ3n) is 5.56. The van der Waals surface area contributed by atoms with Gasteiger partial charge in [-0.05, 0) is 55.7 Å². The summed E-state index contributed by atoms with van der Waals surface area (Å²) >= 11 is 11.7. The van der Waals surface area contributed by atoms with Crippen LogP contribution in [0.2, 0.25) is 10.0 Å². The molecule has 1 aromatic heterocycles. The minimum Gasteiger partial charge on any atom is -0.314 e. The lowest BCUT2D eigenvalue weighted by atomic mass is 10.1. The molecule has 1 aliphatic heterocycles. The smallest absolute Gasteiger partial charge is 0.314 e. The molecule has 11 heteroatoms. The Hall–Kier alpha value is -2.78. The van der Waals surface area contributed by atoms with E-state index in [9.17, 15) is 18.0 Å². The van der Waals surface area contributed by atoms with Crippen LogP contribution in [-0.2, 0) is 12.7 Å². The first-order valence-electron chi connectivity index (χ1n) is 10.2. The third kappa shape index (κ3) is 5.09. The van der Waals surface area contributed by atoms with Gasteiger partial charge in [0, 0.05) is 16.6 Å². The molecule has 3 aromatic rings. The van der Waals surface area contributed by atoms with Crippen molar-refractivity contribution >= 4 is 34.9 Å². The van der Waals surface area contributed by atoms with Gasteiger partial charge in [-0.15, -0.1) is 10.2 Å². The van der Waals surface area contributed by atoms with Crippen molar-refractivity contribution in [3.8, 4) is 0 Å². The highest BCUT2D eigenvalue weighted by Crippen LogP contribution is 2.38. The molecule has 2 heterocycles. The van der Waals surface area contributed by atoms with Crippen molar-refractivity contribution < 1.29 is 18.0 Å². The molecule has 0 aliphatic carbocycles.